The molecule has 0 spiro atoms. The number of hydrogen-bond acceptors (Lipinski definition) is 6. The molecule has 2 rings (SSSR count). The molecule has 1 aromatic heterocycles. The van der Waals surface area contributed by atoms with Gasteiger partial charge in [0.1, 0.15) is 11.4 Å². The van der Waals surface area contributed by atoms with E-state index in [2.05, 4.69) is 22.1 Å². The van der Waals surface area contributed by atoms with Crippen LogP contribution in [-0.4, -0.2) is 61.3 Å². The summed E-state index contributed by atoms with van der Waals surface area (Å²) in [5.41, 5.74) is 0.461. The Morgan fingerprint density at radius 3 is 3.19 bits per heavy atom. The van der Waals surface area contributed by atoms with E-state index >= 15 is 0 Å². The smallest absolute Gasteiger partial charge is 0.341 e. The summed E-state index contributed by atoms with van der Waals surface area (Å²) >= 11 is 0. The number of esters is 1. The fourth-order valence-corrected chi connectivity index (χ4v) is 2.32. The highest BCUT2D eigenvalue weighted by molar-refractivity contribution is 5.94. The van der Waals surface area contributed by atoms with Crippen LogP contribution in [0.15, 0.2) is 18.3 Å². The largest absolute Gasteiger partial charge is 0.462 e. The molecule has 1 N–H and O–H groups in total. The molecule has 116 valence electrons. The van der Waals surface area contributed by atoms with Gasteiger partial charge in [-0.25, -0.2) is 9.78 Å². The number of morpholine rings is 1. The van der Waals surface area contributed by atoms with Crippen molar-refractivity contribution in [2.45, 2.75) is 20.0 Å². The van der Waals surface area contributed by atoms with E-state index < -0.39 is 0 Å². The van der Waals surface area contributed by atoms with Crippen molar-refractivity contribution in [1.29, 1.82) is 0 Å². The lowest BCUT2D eigenvalue weighted by Gasteiger charge is -2.32. The highest BCUT2D eigenvalue weighted by atomic mass is 16.5. The normalized spacial score (nSPS) is 19.2. The van der Waals surface area contributed by atoms with Crippen molar-refractivity contribution >= 4 is 11.8 Å². The number of rotatable bonds is 6. The van der Waals surface area contributed by atoms with Gasteiger partial charge in [0.05, 0.1) is 19.3 Å². The molecule has 0 radical (unpaired) electrons. The van der Waals surface area contributed by atoms with Gasteiger partial charge in [-0.2, -0.15) is 0 Å². The highest BCUT2D eigenvalue weighted by Crippen LogP contribution is 2.14. The summed E-state index contributed by atoms with van der Waals surface area (Å²) < 4.78 is 10.8. The first kappa shape index (κ1) is 15.7. The van der Waals surface area contributed by atoms with Gasteiger partial charge in [-0.1, -0.05) is 6.92 Å². The maximum absolute atomic E-state index is 11.9. The highest BCUT2D eigenvalue weighted by Gasteiger charge is 2.20. The molecule has 1 atom stereocenters. The molecule has 21 heavy (non-hydrogen) atoms. The summed E-state index contributed by atoms with van der Waals surface area (Å²) in [6.45, 7) is 8.55. The van der Waals surface area contributed by atoms with Crippen LogP contribution in [-0.2, 0) is 9.47 Å². The summed E-state index contributed by atoms with van der Waals surface area (Å²) in [6, 6.07) is 3.45. The van der Waals surface area contributed by atoms with E-state index in [0.29, 0.717) is 24.5 Å². The van der Waals surface area contributed by atoms with Gasteiger partial charge in [-0.05, 0) is 25.6 Å². The SMILES string of the molecule is CCOC(=O)c1cccnc1NCC1CN(CC)CCO1. The van der Waals surface area contributed by atoms with Crippen LogP contribution in [0.5, 0.6) is 0 Å². The predicted molar refractivity (Wildman–Crippen MR) is 80.5 cm³/mol. The fraction of sp³-hybridized carbons (Fsp3) is 0.600. The number of pyridine rings is 1. The Labute approximate surface area is 125 Å². The first-order chi connectivity index (χ1) is 10.2. The predicted octanol–water partition coefficient (Wildman–Crippen LogP) is 1.39. The quantitative estimate of drug-likeness (QED) is 0.800. The van der Waals surface area contributed by atoms with Gasteiger partial charge in [-0.15, -0.1) is 0 Å². The number of ether oxygens (including phenoxy) is 2. The van der Waals surface area contributed by atoms with Crippen LogP contribution in [0.3, 0.4) is 0 Å². The van der Waals surface area contributed by atoms with Crippen LogP contribution in [0.2, 0.25) is 0 Å². The Morgan fingerprint density at radius 2 is 2.43 bits per heavy atom. The minimum absolute atomic E-state index is 0.107. The lowest BCUT2D eigenvalue weighted by Crippen LogP contribution is -2.45. The van der Waals surface area contributed by atoms with Crippen molar-refractivity contribution in [1.82, 2.24) is 9.88 Å². The second-order valence-corrected chi connectivity index (χ2v) is 4.89. The molecular weight excluding hydrogens is 270 g/mol. The molecule has 1 aromatic rings. The Balaban J connectivity index is 1.95. The Morgan fingerprint density at radius 1 is 1.57 bits per heavy atom. The molecule has 1 saturated heterocycles. The van der Waals surface area contributed by atoms with Crippen LogP contribution < -0.4 is 5.32 Å². The van der Waals surface area contributed by atoms with Gasteiger partial charge in [0.25, 0.3) is 0 Å². The van der Waals surface area contributed by atoms with Crippen LogP contribution >= 0.6 is 0 Å². The second kappa shape index (κ2) is 7.95. The van der Waals surface area contributed by atoms with E-state index in [1.54, 1.807) is 25.3 Å². The van der Waals surface area contributed by atoms with Crippen LogP contribution in [0.1, 0.15) is 24.2 Å². The second-order valence-electron chi connectivity index (χ2n) is 4.89. The summed E-state index contributed by atoms with van der Waals surface area (Å²) in [6.07, 6.45) is 1.77. The molecule has 0 bridgehead atoms. The average Bonchev–Trinajstić information content (AvgIpc) is 2.53. The number of likely N-dealkylation sites (N-methyl/N-ethyl adjacent to an activating group) is 1. The summed E-state index contributed by atoms with van der Waals surface area (Å²) in [5, 5.41) is 3.20. The van der Waals surface area contributed by atoms with Crippen LogP contribution in [0.4, 0.5) is 5.82 Å². The summed E-state index contributed by atoms with van der Waals surface area (Å²) in [5.74, 6) is 0.195. The van der Waals surface area contributed by atoms with E-state index in [9.17, 15) is 4.79 Å². The standard InChI is InChI=1S/C15H23N3O3/c1-3-18-8-9-21-12(11-18)10-17-14-13(6-5-7-16-14)15(19)20-4-2/h5-7,12H,3-4,8-11H2,1-2H3,(H,16,17). The number of anilines is 1. The first-order valence-corrected chi connectivity index (χ1v) is 7.44. The minimum atomic E-state index is -0.354. The lowest BCUT2D eigenvalue weighted by atomic mass is 10.2. The van der Waals surface area contributed by atoms with E-state index in [4.69, 9.17) is 9.47 Å². The zero-order chi connectivity index (χ0) is 15.1. The Kier molecular flexibility index (Phi) is 5.95. The van der Waals surface area contributed by atoms with Crippen molar-refractivity contribution in [3.8, 4) is 0 Å². The Bertz CT molecular complexity index is 467. The van der Waals surface area contributed by atoms with E-state index in [0.717, 1.165) is 26.2 Å². The molecule has 0 aliphatic carbocycles. The van der Waals surface area contributed by atoms with Crippen LogP contribution in [0, 0.1) is 0 Å². The molecule has 2 heterocycles. The Hall–Kier alpha value is -1.66. The lowest BCUT2D eigenvalue weighted by molar-refractivity contribution is -0.0192. The van der Waals surface area contributed by atoms with Gasteiger partial charge in [0, 0.05) is 25.8 Å². The molecule has 0 aromatic carbocycles. The van der Waals surface area contributed by atoms with Crippen molar-refractivity contribution < 1.29 is 14.3 Å². The maximum atomic E-state index is 11.9. The third-order valence-corrected chi connectivity index (χ3v) is 3.47. The van der Waals surface area contributed by atoms with Gasteiger partial charge >= 0.3 is 5.97 Å². The molecular formula is C15H23N3O3. The third kappa shape index (κ3) is 4.41. The minimum Gasteiger partial charge on any atom is -0.462 e. The molecule has 0 saturated carbocycles. The number of hydrogen-bond donors (Lipinski definition) is 1. The molecule has 6 heteroatoms. The molecule has 1 aliphatic rings. The van der Waals surface area contributed by atoms with E-state index in [-0.39, 0.29) is 12.1 Å². The molecule has 1 unspecified atom stereocenters. The van der Waals surface area contributed by atoms with E-state index in [1.807, 2.05) is 0 Å². The van der Waals surface area contributed by atoms with Crippen LogP contribution in [0.25, 0.3) is 0 Å². The zero-order valence-corrected chi connectivity index (χ0v) is 12.7. The van der Waals surface area contributed by atoms with E-state index in [1.165, 1.54) is 0 Å². The molecule has 1 aliphatic heterocycles. The number of nitrogens with zero attached hydrogens (tertiary/aromatic N) is 2. The van der Waals surface area contributed by atoms with Crippen molar-refractivity contribution in [3.63, 3.8) is 0 Å². The fourth-order valence-electron chi connectivity index (χ4n) is 2.32. The van der Waals surface area contributed by atoms with Gasteiger partial charge in [0.2, 0.25) is 0 Å². The molecule has 0 amide bonds. The number of aromatic nitrogens is 1. The van der Waals surface area contributed by atoms with Gasteiger partial charge in [-0.3, -0.25) is 4.90 Å². The van der Waals surface area contributed by atoms with Gasteiger partial charge in [0.15, 0.2) is 0 Å². The average molecular weight is 293 g/mol. The first-order valence-electron chi connectivity index (χ1n) is 7.44. The number of nitrogens with one attached hydrogen (secondary N) is 1. The third-order valence-electron chi connectivity index (χ3n) is 3.47. The van der Waals surface area contributed by atoms with Gasteiger partial charge < -0.3 is 14.8 Å². The zero-order valence-electron chi connectivity index (χ0n) is 12.7. The van der Waals surface area contributed by atoms with Crippen molar-refractivity contribution in [2.24, 2.45) is 0 Å². The molecule has 1 fully saturated rings. The van der Waals surface area contributed by atoms with Crippen molar-refractivity contribution in [3.05, 3.63) is 23.9 Å². The maximum Gasteiger partial charge on any atom is 0.341 e. The molecule has 6 nitrogen and oxygen atoms in total. The number of carbonyl (C=O) groups excluding carboxylic acids is 1. The summed E-state index contributed by atoms with van der Waals surface area (Å²) in [7, 11) is 0. The number of carbonyl (C=O) groups is 1. The van der Waals surface area contributed by atoms with Crippen molar-refractivity contribution in [2.75, 3.05) is 44.7 Å². The topological polar surface area (TPSA) is 63.7 Å². The monoisotopic (exact) mass is 293 g/mol. The summed E-state index contributed by atoms with van der Waals surface area (Å²) in [4.78, 5) is 18.4.